The number of carbonyl (C=O) groups excluding carboxylic acids is 2. The van der Waals surface area contributed by atoms with Gasteiger partial charge in [-0.25, -0.2) is 9.97 Å². The number of benzene rings is 1. The molecular formula is C20H21N5O3. The van der Waals surface area contributed by atoms with Crippen LogP contribution in [0, 0.1) is 13.8 Å². The zero-order chi connectivity index (χ0) is 20.3. The van der Waals surface area contributed by atoms with E-state index in [0.29, 0.717) is 29.3 Å². The first-order valence-corrected chi connectivity index (χ1v) is 8.71. The van der Waals surface area contributed by atoms with E-state index in [0.717, 1.165) is 11.1 Å². The topological polar surface area (TPSA) is 101 Å². The second-order valence-electron chi connectivity index (χ2n) is 6.59. The summed E-state index contributed by atoms with van der Waals surface area (Å²) in [5.74, 6) is 0.282. The first-order valence-electron chi connectivity index (χ1n) is 8.71. The highest BCUT2D eigenvalue weighted by Gasteiger charge is 2.17. The van der Waals surface area contributed by atoms with Crippen molar-refractivity contribution in [2.45, 2.75) is 20.4 Å². The average molecular weight is 379 g/mol. The molecule has 28 heavy (non-hydrogen) atoms. The fraction of sp³-hybridized carbons (Fsp3) is 0.250. The van der Waals surface area contributed by atoms with E-state index >= 15 is 0 Å². The molecule has 0 aliphatic rings. The maximum atomic E-state index is 12.4. The first kappa shape index (κ1) is 19.2. The molecule has 0 aliphatic heterocycles. The number of aryl methyl sites for hydroxylation is 2. The Bertz CT molecular complexity index is 1010. The minimum absolute atomic E-state index is 0.159. The maximum absolute atomic E-state index is 12.4. The Hall–Kier alpha value is -3.55. The summed E-state index contributed by atoms with van der Waals surface area (Å²) in [4.78, 5) is 34.5. The summed E-state index contributed by atoms with van der Waals surface area (Å²) in [6, 6.07) is 9.08. The number of hydrogen-bond donors (Lipinski definition) is 1. The van der Waals surface area contributed by atoms with E-state index in [-0.39, 0.29) is 17.6 Å². The van der Waals surface area contributed by atoms with Gasteiger partial charge in [-0.3, -0.25) is 9.59 Å². The minimum atomic E-state index is -0.324. The van der Waals surface area contributed by atoms with Gasteiger partial charge >= 0.3 is 0 Å². The highest BCUT2D eigenvalue weighted by Crippen LogP contribution is 2.23. The van der Waals surface area contributed by atoms with Crippen molar-refractivity contribution in [3.05, 3.63) is 64.9 Å². The van der Waals surface area contributed by atoms with Gasteiger partial charge in [-0.05, 0) is 19.4 Å². The fourth-order valence-corrected chi connectivity index (χ4v) is 2.61. The molecule has 0 radical (unpaired) electrons. The van der Waals surface area contributed by atoms with Crippen LogP contribution in [-0.4, -0.2) is 45.9 Å². The van der Waals surface area contributed by atoms with Gasteiger partial charge in [-0.1, -0.05) is 29.4 Å². The molecule has 0 aliphatic carbocycles. The second-order valence-corrected chi connectivity index (χ2v) is 6.59. The summed E-state index contributed by atoms with van der Waals surface area (Å²) < 4.78 is 4.95. The van der Waals surface area contributed by atoms with Crippen molar-refractivity contribution in [1.29, 1.82) is 0 Å². The van der Waals surface area contributed by atoms with Crippen LogP contribution in [0.1, 0.15) is 38.0 Å². The molecule has 8 nitrogen and oxygen atoms in total. The quantitative estimate of drug-likeness (QED) is 0.730. The highest BCUT2D eigenvalue weighted by molar-refractivity contribution is 5.99. The number of nitrogens with one attached hydrogen (secondary N) is 1. The SMILES string of the molecule is Cc1cc(C(=O)NCc2ccc(-c3nc(C)ncc3C(=O)N(C)C)cc2)on1. The molecule has 3 rings (SSSR count). The maximum Gasteiger partial charge on any atom is 0.290 e. The number of hydrogen-bond acceptors (Lipinski definition) is 6. The molecule has 1 aromatic carbocycles. The molecule has 0 spiro atoms. The van der Waals surface area contributed by atoms with Crippen molar-refractivity contribution in [2.24, 2.45) is 0 Å². The van der Waals surface area contributed by atoms with Crippen LogP contribution in [0.5, 0.6) is 0 Å². The monoisotopic (exact) mass is 379 g/mol. The average Bonchev–Trinajstić information content (AvgIpc) is 3.12. The summed E-state index contributed by atoms with van der Waals surface area (Å²) >= 11 is 0. The van der Waals surface area contributed by atoms with Gasteiger partial charge in [0.25, 0.3) is 11.8 Å². The van der Waals surface area contributed by atoms with E-state index in [2.05, 4.69) is 20.4 Å². The van der Waals surface area contributed by atoms with Crippen molar-refractivity contribution in [1.82, 2.24) is 25.3 Å². The molecule has 0 saturated carbocycles. The molecule has 144 valence electrons. The molecule has 8 heteroatoms. The zero-order valence-electron chi connectivity index (χ0n) is 16.2. The number of carbonyl (C=O) groups is 2. The van der Waals surface area contributed by atoms with E-state index in [1.54, 1.807) is 40.2 Å². The largest absolute Gasteiger partial charge is 0.351 e. The number of rotatable bonds is 5. The standard InChI is InChI=1S/C20H21N5O3/c1-12-9-17(28-24-12)19(26)22-10-14-5-7-15(8-6-14)18-16(20(27)25(3)4)11-21-13(2)23-18/h5-9,11H,10H2,1-4H3,(H,22,26). The summed E-state index contributed by atoms with van der Waals surface area (Å²) in [6.07, 6.45) is 1.55. The van der Waals surface area contributed by atoms with Gasteiger partial charge in [0, 0.05) is 38.5 Å². The van der Waals surface area contributed by atoms with Crippen LogP contribution in [0.4, 0.5) is 0 Å². The van der Waals surface area contributed by atoms with Crippen LogP contribution in [0.15, 0.2) is 41.1 Å². The van der Waals surface area contributed by atoms with Crippen LogP contribution >= 0.6 is 0 Å². The normalized spacial score (nSPS) is 10.6. The van der Waals surface area contributed by atoms with E-state index in [4.69, 9.17) is 4.52 Å². The van der Waals surface area contributed by atoms with Gasteiger partial charge in [0.2, 0.25) is 5.76 Å². The molecule has 0 saturated heterocycles. The molecule has 2 heterocycles. The number of aromatic nitrogens is 3. The lowest BCUT2D eigenvalue weighted by molar-refractivity contribution is 0.0827. The van der Waals surface area contributed by atoms with Gasteiger partial charge < -0.3 is 14.7 Å². The van der Waals surface area contributed by atoms with Crippen molar-refractivity contribution in [3.63, 3.8) is 0 Å². The minimum Gasteiger partial charge on any atom is -0.351 e. The van der Waals surface area contributed by atoms with Gasteiger partial charge in [0.05, 0.1) is 17.0 Å². The third-order valence-electron chi connectivity index (χ3n) is 4.08. The van der Waals surface area contributed by atoms with E-state index in [9.17, 15) is 9.59 Å². The lowest BCUT2D eigenvalue weighted by Crippen LogP contribution is -2.23. The fourth-order valence-electron chi connectivity index (χ4n) is 2.61. The molecule has 1 N–H and O–H groups in total. The van der Waals surface area contributed by atoms with E-state index < -0.39 is 0 Å². The molecule has 3 aromatic rings. The number of nitrogens with zero attached hydrogens (tertiary/aromatic N) is 4. The Kier molecular flexibility index (Phi) is 5.49. The summed E-state index contributed by atoms with van der Waals surface area (Å²) in [6.45, 7) is 3.87. The smallest absolute Gasteiger partial charge is 0.290 e. The highest BCUT2D eigenvalue weighted by atomic mass is 16.5. The van der Waals surface area contributed by atoms with Crippen LogP contribution in [-0.2, 0) is 6.54 Å². The lowest BCUT2D eigenvalue weighted by Gasteiger charge is -2.14. The Morgan fingerprint density at radius 3 is 2.46 bits per heavy atom. The predicted octanol–water partition coefficient (Wildman–Crippen LogP) is 2.38. The van der Waals surface area contributed by atoms with E-state index in [1.807, 2.05) is 24.3 Å². The third-order valence-corrected chi connectivity index (χ3v) is 4.08. The van der Waals surface area contributed by atoms with Crippen molar-refractivity contribution in [2.75, 3.05) is 14.1 Å². The first-order chi connectivity index (χ1) is 13.3. The Morgan fingerprint density at radius 1 is 1.14 bits per heavy atom. The summed E-state index contributed by atoms with van der Waals surface area (Å²) in [5, 5.41) is 6.48. The Balaban J connectivity index is 1.77. The summed E-state index contributed by atoms with van der Waals surface area (Å²) in [7, 11) is 3.38. The second kappa shape index (κ2) is 7.99. The van der Waals surface area contributed by atoms with Gasteiger partial charge in [0.15, 0.2) is 0 Å². The van der Waals surface area contributed by atoms with Crippen molar-refractivity contribution in [3.8, 4) is 11.3 Å². The molecule has 0 fully saturated rings. The van der Waals surface area contributed by atoms with Crippen LogP contribution < -0.4 is 5.32 Å². The van der Waals surface area contributed by atoms with Gasteiger partial charge in [-0.15, -0.1) is 0 Å². The van der Waals surface area contributed by atoms with Crippen LogP contribution in [0.2, 0.25) is 0 Å². The molecule has 0 bridgehead atoms. The molecule has 0 unspecified atom stereocenters. The molecule has 0 atom stereocenters. The molecular weight excluding hydrogens is 358 g/mol. The van der Waals surface area contributed by atoms with Gasteiger partial charge in [0.1, 0.15) is 5.82 Å². The van der Waals surface area contributed by atoms with Crippen LogP contribution in [0.3, 0.4) is 0 Å². The zero-order valence-corrected chi connectivity index (χ0v) is 16.2. The Morgan fingerprint density at radius 2 is 1.86 bits per heavy atom. The van der Waals surface area contributed by atoms with E-state index in [1.165, 1.54) is 4.90 Å². The molecule has 2 aromatic heterocycles. The Labute approximate surface area is 162 Å². The van der Waals surface area contributed by atoms with Gasteiger partial charge in [-0.2, -0.15) is 0 Å². The van der Waals surface area contributed by atoms with Crippen LogP contribution in [0.25, 0.3) is 11.3 Å². The third kappa shape index (κ3) is 4.22. The molecule has 2 amide bonds. The van der Waals surface area contributed by atoms with Crippen molar-refractivity contribution >= 4 is 11.8 Å². The van der Waals surface area contributed by atoms with Crippen molar-refractivity contribution < 1.29 is 14.1 Å². The predicted molar refractivity (Wildman–Crippen MR) is 103 cm³/mol. The number of amides is 2. The lowest BCUT2D eigenvalue weighted by atomic mass is 10.0. The summed E-state index contributed by atoms with van der Waals surface area (Å²) in [5.41, 5.74) is 3.38.